The molecule has 0 unspecified atom stereocenters. The summed E-state index contributed by atoms with van der Waals surface area (Å²) in [6.45, 7) is 2.52. The van der Waals surface area contributed by atoms with Gasteiger partial charge in [0.25, 0.3) is 5.91 Å². The Labute approximate surface area is 191 Å². The van der Waals surface area contributed by atoms with Gasteiger partial charge in [0, 0.05) is 12.6 Å². The second-order valence-electron chi connectivity index (χ2n) is 9.24. The largest absolute Gasteiger partial charge is 0.351 e. The molecule has 2 aromatic heterocycles. The van der Waals surface area contributed by atoms with Gasteiger partial charge in [0.1, 0.15) is 17.1 Å². The average Bonchev–Trinajstić information content (AvgIpc) is 3.27. The van der Waals surface area contributed by atoms with E-state index in [0.717, 1.165) is 41.5 Å². The smallest absolute Gasteiger partial charge is 0.271 e. The van der Waals surface area contributed by atoms with Gasteiger partial charge >= 0.3 is 0 Å². The van der Waals surface area contributed by atoms with E-state index in [9.17, 15) is 14.0 Å². The van der Waals surface area contributed by atoms with Gasteiger partial charge in [-0.1, -0.05) is 37.8 Å². The lowest BCUT2D eigenvalue weighted by Crippen LogP contribution is -2.64. The third-order valence-corrected chi connectivity index (χ3v) is 7.84. The van der Waals surface area contributed by atoms with Gasteiger partial charge in [-0.25, -0.2) is 4.39 Å². The number of hydrogen-bond donors (Lipinski definition) is 1. The molecule has 0 bridgehead atoms. The molecule has 1 atom stereocenters. The third-order valence-electron chi connectivity index (χ3n) is 6.98. The van der Waals surface area contributed by atoms with Crippen molar-refractivity contribution in [2.75, 3.05) is 0 Å². The summed E-state index contributed by atoms with van der Waals surface area (Å²) < 4.78 is 16.5. The molecule has 1 aliphatic heterocycles. The number of nitrogens with one attached hydrogen (secondary N) is 1. The van der Waals surface area contributed by atoms with Crippen LogP contribution in [0.1, 0.15) is 61.5 Å². The van der Waals surface area contributed by atoms with Crippen LogP contribution in [0.5, 0.6) is 0 Å². The highest BCUT2D eigenvalue weighted by atomic mass is 32.1. The number of thiophene rings is 1. The SMILES string of the molecule is C[C@@]1(C(=O)NC2CCCCCC2)Cn2c(cc3sccc32)C(=O)N1Cc1ccc(F)cc1. The zero-order chi connectivity index (χ0) is 22.3. The summed E-state index contributed by atoms with van der Waals surface area (Å²) in [5.74, 6) is -0.591. The van der Waals surface area contributed by atoms with E-state index in [2.05, 4.69) is 5.32 Å². The van der Waals surface area contributed by atoms with Crippen LogP contribution < -0.4 is 5.32 Å². The van der Waals surface area contributed by atoms with Crippen molar-refractivity contribution in [3.8, 4) is 0 Å². The number of carbonyl (C=O) groups excluding carboxylic acids is 2. The van der Waals surface area contributed by atoms with Crippen LogP contribution in [0.3, 0.4) is 0 Å². The Bertz CT molecular complexity index is 1140. The minimum atomic E-state index is -1.04. The van der Waals surface area contributed by atoms with Gasteiger partial charge in [-0.15, -0.1) is 11.3 Å². The van der Waals surface area contributed by atoms with E-state index in [1.54, 1.807) is 28.4 Å². The van der Waals surface area contributed by atoms with Crippen LogP contribution in [0, 0.1) is 5.82 Å². The zero-order valence-electron chi connectivity index (χ0n) is 18.3. The van der Waals surface area contributed by atoms with Crippen molar-refractivity contribution in [2.45, 2.75) is 70.1 Å². The topological polar surface area (TPSA) is 54.3 Å². The second kappa shape index (κ2) is 8.35. The highest BCUT2D eigenvalue weighted by Gasteiger charge is 2.48. The lowest BCUT2D eigenvalue weighted by Gasteiger charge is -2.44. The molecule has 3 heterocycles. The second-order valence-corrected chi connectivity index (χ2v) is 10.2. The molecule has 0 radical (unpaired) electrons. The summed E-state index contributed by atoms with van der Waals surface area (Å²) in [5.41, 5.74) is 1.36. The molecule has 1 saturated carbocycles. The van der Waals surface area contributed by atoms with Gasteiger partial charge in [0.15, 0.2) is 0 Å². The van der Waals surface area contributed by atoms with Crippen molar-refractivity contribution in [2.24, 2.45) is 0 Å². The standard InChI is InChI=1S/C25H28FN3O2S/c1-25(24(31)27-19-6-4-2-3-5-7-19)16-28-20-12-13-32-22(20)14-21(28)23(30)29(25)15-17-8-10-18(26)11-9-17/h8-14,19H,2-7,15-16H2,1H3,(H,27,31)/t25-/m0/s1. The summed E-state index contributed by atoms with van der Waals surface area (Å²) in [6.07, 6.45) is 6.63. The molecule has 2 aliphatic rings. The molecule has 1 fully saturated rings. The maximum Gasteiger partial charge on any atom is 0.271 e. The Morgan fingerprint density at radius 1 is 1.16 bits per heavy atom. The number of halogens is 1. The normalized spacial score (nSPS) is 22.1. The highest BCUT2D eigenvalue weighted by molar-refractivity contribution is 7.17. The molecule has 1 N–H and O–H groups in total. The number of fused-ring (bicyclic) bond motifs is 3. The number of rotatable bonds is 4. The first-order valence-electron chi connectivity index (χ1n) is 11.4. The molecule has 32 heavy (non-hydrogen) atoms. The predicted molar refractivity (Wildman–Crippen MR) is 124 cm³/mol. The fourth-order valence-corrected chi connectivity index (χ4v) is 5.88. The Balaban J connectivity index is 1.51. The molecule has 168 valence electrons. The van der Waals surface area contributed by atoms with Crippen molar-refractivity contribution in [1.82, 2.24) is 14.8 Å². The maximum absolute atomic E-state index is 13.7. The molecule has 7 heteroatoms. The zero-order valence-corrected chi connectivity index (χ0v) is 19.1. The van der Waals surface area contributed by atoms with Crippen LogP contribution in [0.4, 0.5) is 4.39 Å². The molecular weight excluding hydrogens is 425 g/mol. The summed E-state index contributed by atoms with van der Waals surface area (Å²) >= 11 is 1.60. The fourth-order valence-electron chi connectivity index (χ4n) is 5.06. The molecule has 5 rings (SSSR count). The highest BCUT2D eigenvalue weighted by Crippen LogP contribution is 2.35. The lowest BCUT2D eigenvalue weighted by molar-refractivity contribution is -0.134. The number of benzene rings is 1. The summed E-state index contributed by atoms with van der Waals surface area (Å²) in [4.78, 5) is 29.1. The van der Waals surface area contributed by atoms with Crippen LogP contribution in [0.15, 0.2) is 41.8 Å². The van der Waals surface area contributed by atoms with Gasteiger partial charge in [-0.05, 0) is 55.0 Å². The van der Waals surface area contributed by atoms with E-state index >= 15 is 0 Å². The molecule has 1 aliphatic carbocycles. The first-order valence-corrected chi connectivity index (χ1v) is 12.3. The predicted octanol–water partition coefficient (Wildman–Crippen LogP) is 5.10. The van der Waals surface area contributed by atoms with Crippen molar-refractivity contribution in [3.63, 3.8) is 0 Å². The summed E-state index contributed by atoms with van der Waals surface area (Å²) in [5, 5.41) is 5.29. The van der Waals surface area contributed by atoms with E-state index in [1.165, 1.54) is 25.0 Å². The molecular formula is C25H28FN3O2S. The van der Waals surface area contributed by atoms with Crippen LogP contribution in [0.2, 0.25) is 0 Å². The Hall–Kier alpha value is -2.67. The third kappa shape index (κ3) is 3.72. The maximum atomic E-state index is 13.7. The van der Waals surface area contributed by atoms with Crippen LogP contribution >= 0.6 is 11.3 Å². The number of aromatic nitrogens is 1. The van der Waals surface area contributed by atoms with Crippen molar-refractivity contribution < 1.29 is 14.0 Å². The number of carbonyl (C=O) groups is 2. The fraction of sp³-hybridized carbons (Fsp3) is 0.440. The molecule has 5 nitrogen and oxygen atoms in total. The molecule has 2 amide bonds. The van der Waals surface area contributed by atoms with Crippen LogP contribution in [0.25, 0.3) is 10.2 Å². The van der Waals surface area contributed by atoms with E-state index in [1.807, 2.05) is 29.0 Å². The van der Waals surface area contributed by atoms with Crippen LogP contribution in [-0.2, 0) is 17.9 Å². The van der Waals surface area contributed by atoms with E-state index in [-0.39, 0.29) is 30.2 Å². The van der Waals surface area contributed by atoms with Gasteiger partial charge in [0.2, 0.25) is 5.91 Å². The Morgan fingerprint density at radius 2 is 1.88 bits per heavy atom. The molecule has 3 aromatic rings. The van der Waals surface area contributed by atoms with Gasteiger partial charge in [-0.3, -0.25) is 9.59 Å². The van der Waals surface area contributed by atoms with Crippen molar-refractivity contribution in [3.05, 3.63) is 58.9 Å². The minimum absolute atomic E-state index is 0.109. The summed E-state index contributed by atoms with van der Waals surface area (Å²) in [6, 6.07) is 10.2. The minimum Gasteiger partial charge on any atom is -0.351 e. The summed E-state index contributed by atoms with van der Waals surface area (Å²) in [7, 11) is 0. The first-order chi connectivity index (χ1) is 15.5. The van der Waals surface area contributed by atoms with Gasteiger partial charge in [-0.2, -0.15) is 0 Å². The number of hydrogen-bond acceptors (Lipinski definition) is 3. The molecule has 0 saturated heterocycles. The Morgan fingerprint density at radius 3 is 2.59 bits per heavy atom. The van der Waals surface area contributed by atoms with E-state index < -0.39 is 5.54 Å². The molecule has 1 aromatic carbocycles. The molecule has 0 spiro atoms. The monoisotopic (exact) mass is 453 g/mol. The average molecular weight is 454 g/mol. The number of nitrogens with zero attached hydrogens (tertiary/aromatic N) is 2. The first kappa shape index (κ1) is 21.2. The Kier molecular flexibility index (Phi) is 5.53. The van der Waals surface area contributed by atoms with Crippen LogP contribution in [-0.4, -0.2) is 32.9 Å². The quantitative estimate of drug-likeness (QED) is 0.559. The van der Waals surface area contributed by atoms with E-state index in [0.29, 0.717) is 12.2 Å². The van der Waals surface area contributed by atoms with Gasteiger partial charge < -0.3 is 14.8 Å². The van der Waals surface area contributed by atoms with Crippen molar-refractivity contribution >= 4 is 33.4 Å². The van der Waals surface area contributed by atoms with E-state index in [4.69, 9.17) is 0 Å². The lowest BCUT2D eigenvalue weighted by atomic mass is 9.93. The van der Waals surface area contributed by atoms with Gasteiger partial charge in [0.05, 0.1) is 16.8 Å². The van der Waals surface area contributed by atoms with Crippen molar-refractivity contribution in [1.29, 1.82) is 0 Å². The number of amides is 2.